The average Bonchev–Trinajstić information content (AvgIpc) is 1.79. The first-order chi connectivity index (χ1) is 4.95. The molecule has 0 rings (SSSR count). The molecule has 6 heteroatoms. The van der Waals surface area contributed by atoms with Crippen LogP contribution in [0.5, 0.6) is 0 Å². The molecule has 0 bridgehead atoms. The predicted octanol–water partition coefficient (Wildman–Crippen LogP) is -0.310. The van der Waals surface area contributed by atoms with Gasteiger partial charge in [-0.1, -0.05) is 6.92 Å². The van der Waals surface area contributed by atoms with E-state index in [4.69, 9.17) is 9.79 Å². The lowest BCUT2D eigenvalue weighted by Gasteiger charge is -2.03. The van der Waals surface area contributed by atoms with E-state index in [0.717, 1.165) is 6.42 Å². The summed E-state index contributed by atoms with van der Waals surface area (Å²) in [6.45, 7) is 2.32. The summed E-state index contributed by atoms with van der Waals surface area (Å²) in [4.78, 5) is 27.3. The van der Waals surface area contributed by atoms with Crippen molar-refractivity contribution < 1.29 is 19.1 Å². The lowest BCUT2D eigenvalue weighted by molar-refractivity contribution is -0.118. The summed E-state index contributed by atoms with van der Waals surface area (Å²) in [5.74, 6) is -0.597. The number of carbonyl (C=O) groups excluding carboxylic acids is 1. The molecule has 0 aliphatic rings. The van der Waals surface area contributed by atoms with Crippen LogP contribution in [0.3, 0.4) is 0 Å². The van der Waals surface area contributed by atoms with Gasteiger partial charge in [-0.05, 0) is 6.42 Å². The first-order valence-electron chi connectivity index (χ1n) is 3.27. The van der Waals surface area contributed by atoms with Gasteiger partial charge in [0.15, 0.2) is 0 Å². The second-order valence-electron chi connectivity index (χ2n) is 2.17. The van der Waals surface area contributed by atoms with Crippen LogP contribution >= 0.6 is 7.60 Å². The Hall–Kier alpha value is -0.380. The van der Waals surface area contributed by atoms with E-state index in [1.807, 2.05) is 6.92 Å². The average molecular weight is 181 g/mol. The quantitative estimate of drug-likeness (QED) is 0.519. The van der Waals surface area contributed by atoms with Crippen LogP contribution in [0.1, 0.15) is 13.3 Å². The second kappa shape index (κ2) is 4.49. The first kappa shape index (κ1) is 10.6. The predicted molar refractivity (Wildman–Crippen MR) is 40.2 cm³/mol. The molecule has 3 N–H and O–H groups in total. The highest BCUT2D eigenvalue weighted by Gasteiger charge is 2.17. The molecule has 11 heavy (non-hydrogen) atoms. The zero-order chi connectivity index (χ0) is 8.91. The van der Waals surface area contributed by atoms with E-state index in [0.29, 0.717) is 6.54 Å². The van der Waals surface area contributed by atoms with Crippen LogP contribution in [0.4, 0.5) is 0 Å². The first-order valence-corrected chi connectivity index (χ1v) is 5.06. The Balaban J connectivity index is 3.62. The largest absolute Gasteiger partial charge is 0.356 e. The fraction of sp³-hybridized carbons (Fsp3) is 0.800. The van der Waals surface area contributed by atoms with Gasteiger partial charge in [-0.3, -0.25) is 9.36 Å². The van der Waals surface area contributed by atoms with Gasteiger partial charge in [-0.2, -0.15) is 0 Å². The minimum Gasteiger partial charge on any atom is -0.356 e. The molecule has 0 saturated heterocycles. The zero-order valence-electron chi connectivity index (χ0n) is 6.28. The number of nitrogens with one attached hydrogen (secondary N) is 1. The van der Waals surface area contributed by atoms with E-state index in [9.17, 15) is 9.36 Å². The molecule has 0 heterocycles. The third-order valence-electron chi connectivity index (χ3n) is 0.922. The number of rotatable bonds is 4. The SMILES string of the molecule is CCCNC(=O)CP(=O)(O)O. The molecule has 0 aromatic carbocycles. The Morgan fingerprint density at radius 1 is 1.55 bits per heavy atom. The zero-order valence-corrected chi connectivity index (χ0v) is 7.17. The van der Waals surface area contributed by atoms with Gasteiger partial charge in [0.2, 0.25) is 5.91 Å². The van der Waals surface area contributed by atoms with Gasteiger partial charge >= 0.3 is 7.60 Å². The van der Waals surface area contributed by atoms with Crippen molar-refractivity contribution in [1.82, 2.24) is 5.32 Å². The minimum absolute atomic E-state index is 0.457. The third-order valence-corrected chi connectivity index (χ3v) is 1.62. The maximum Gasteiger partial charge on any atom is 0.334 e. The fourth-order valence-corrected chi connectivity index (χ4v) is 0.993. The number of hydrogen-bond donors (Lipinski definition) is 3. The molecular formula is C5H12NO4P. The van der Waals surface area contributed by atoms with Crippen molar-refractivity contribution in [1.29, 1.82) is 0 Å². The summed E-state index contributed by atoms with van der Waals surface area (Å²) in [7, 11) is -4.17. The summed E-state index contributed by atoms with van der Waals surface area (Å²) in [5.41, 5.74) is 0. The molecule has 0 spiro atoms. The summed E-state index contributed by atoms with van der Waals surface area (Å²) < 4.78 is 10.2. The van der Waals surface area contributed by atoms with Crippen molar-refractivity contribution in [2.24, 2.45) is 0 Å². The van der Waals surface area contributed by atoms with Gasteiger partial charge in [-0.25, -0.2) is 0 Å². The Bertz CT molecular complexity index is 175. The van der Waals surface area contributed by atoms with Crippen LogP contribution in [-0.2, 0) is 9.36 Å². The van der Waals surface area contributed by atoms with Gasteiger partial charge in [0.1, 0.15) is 6.16 Å². The minimum atomic E-state index is -4.17. The smallest absolute Gasteiger partial charge is 0.334 e. The van der Waals surface area contributed by atoms with Gasteiger partial charge in [-0.15, -0.1) is 0 Å². The van der Waals surface area contributed by atoms with E-state index in [1.54, 1.807) is 0 Å². The van der Waals surface area contributed by atoms with Crippen molar-refractivity contribution in [2.75, 3.05) is 12.7 Å². The summed E-state index contributed by atoms with van der Waals surface area (Å²) in [6.07, 6.45) is 0.0416. The molecule has 1 amide bonds. The molecular weight excluding hydrogens is 169 g/mol. The van der Waals surface area contributed by atoms with Crippen LogP contribution < -0.4 is 5.32 Å². The molecule has 0 aromatic rings. The molecule has 0 radical (unpaired) electrons. The Kier molecular flexibility index (Phi) is 4.33. The Morgan fingerprint density at radius 3 is 2.45 bits per heavy atom. The molecule has 0 unspecified atom stereocenters. The van der Waals surface area contributed by atoms with Gasteiger partial charge in [0.25, 0.3) is 0 Å². The summed E-state index contributed by atoms with van der Waals surface area (Å²) >= 11 is 0. The Morgan fingerprint density at radius 2 is 2.09 bits per heavy atom. The molecule has 0 saturated carbocycles. The maximum atomic E-state index is 10.6. The van der Waals surface area contributed by atoms with E-state index in [1.165, 1.54) is 0 Å². The van der Waals surface area contributed by atoms with Crippen LogP contribution in [0.2, 0.25) is 0 Å². The van der Waals surface area contributed by atoms with Crippen molar-refractivity contribution in [3.8, 4) is 0 Å². The van der Waals surface area contributed by atoms with Crippen molar-refractivity contribution in [3.63, 3.8) is 0 Å². The highest BCUT2D eigenvalue weighted by atomic mass is 31.2. The third kappa shape index (κ3) is 7.52. The van der Waals surface area contributed by atoms with Gasteiger partial charge in [0.05, 0.1) is 0 Å². The van der Waals surface area contributed by atoms with Crippen molar-refractivity contribution in [2.45, 2.75) is 13.3 Å². The summed E-state index contributed by atoms with van der Waals surface area (Å²) in [6, 6.07) is 0. The van der Waals surface area contributed by atoms with E-state index < -0.39 is 19.7 Å². The standard InChI is InChI=1S/C5H12NO4P/c1-2-3-6-5(7)4-11(8,9)10/h2-4H2,1H3,(H,6,7)(H2,8,9,10). The number of amides is 1. The fourth-order valence-electron chi connectivity index (χ4n) is 0.507. The molecule has 0 aliphatic heterocycles. The van der Waals surface area contributed by atoms with Gasteiger partial charge < -0.3 is 15.1 Å². The second-order valence-corrected chi connectivity index (χ2v) is 3.82. The molecule has 0 fully saturated rings. The highest BCUT2D eigenvalue weighted by molar-refractivity contribution is 7.52. The molecule has 5 nitrogen and oxygen atoms in total. The van der Waals surface area contributed by atoms with E-state index in [2.05, 4.69) is 5.32 Å². The van der Waals surface area contributed by atoms with Crippen LogP contribution in [0, 0.1) is 0 Å². The normalized spacial score (nSPS) is 11.2. The number of hydrogen-bond acceptors (Lipinski definition) is 2. The maximum absolute atomic E-state index is 10.6. The monoisotopic (exact) mass is 181 g/mol. The number of carbonyl (C=O) groups is 1. The van der Waals surface area contributed by atoms with Crippen LogP contribution in [0.25, 0.3) is 0 Å². The lowest BCUT2D eigenvalue weighted by Crippen LogP contribution is -2.26. The lowest BCUT2D eigenvalue weighted by atomic mass is 10.5. The molecule has 0 atom stereocenters. The van der Waals surface area contributed by atoms with Crippen LogP contribution in [0.15, 0.2) is 0 Å². The molecule has 0 aliphatic carbocycles. The summed E-state index contributed by atoms with van der Waals surface area (Å²) in [5, 5.41) is 2.36. The molecule has 0 aromatic heterocycles. The highest BCUT2D eigenvalue weighted by Crippen LogP contribution is 2.33. The van der Waals surface area contributed by atoms with Crippen molar-refractivity contribution >= 4 is 13.5 Å². The van der Waals surface area contributed by atoms with E-state index in [-0.39, 0.29) is 0 Å². The van der Waals surface area contributed by atoms with Gasteiger partial charge in [0, 0.05) is 6.54 Å². The van der Waals surface area contributed by atoms with Crippen LogP contribution in [-0.4, -0.2) is 28.4 Å². The van der Waals surface area contributed by atoms with Crippen molar-refractivity contribution in [3.05, 3.63) is 0 Å². The topological polar surface area (TPSA) is 86.6 Å². The van der Waals surface area contributed by atoms with E-state index >= 15 is 0 Å². The Labute approximate surface area is 65.0 Å². The molecule has 66 valence electrons.